The maximum Gasteiger partial charge on any atom is 0.311 e. The van der Waals surface area contributed by atoms with E-state index in [1.165, 1.54) is 18.2 Å². The van der Waals surface area contributed by atoms with Crippen molar-refractivity contribution in [2.45, 2.75) is 40.0 Å². The molecule has 0 unspecified atom stereocenters. The Morgan fingerprint density at radius 1 is 1.18 bits per heavy atom. The molecule has 0 aliphatic heterocycles. The fraction of sp³-hybridized carbons (Fsp3) is 0.533. The zero-order valence-corrected chi connectivity index (χ0v) is 11.2. The molecule has 0 fully saturated rings. The van der Waals surface area contributed by atoms with Gasteiger partial charge in [0.2, 0.25) is 0 Å². The molecule has 2 heteroatoms. The lowest BCUT2D eigenvalue weighted by molar-refractivity contribution is -0.150. The summed E-state index contributed by atoms with van der Waals surface area (Å²) in [6.07, 6.45) is 2.99. The average molecular weight is 234 g/mol. The largest absolute Gasteiger partial charge is 0.469 e. The molecule has 0 aliphatic carbocycles. The van der Waals surface area contributed by atoms with Crippen LogP contribution in [0.25, 0.3) is 0 Å². The molecule has 0 heterocycles. The van der Waals surface area contributed by atoms with Gasteiger partial charge in [0.05, 0.1) is 12.5 Å². The van der Waals surface area contributed by atoms with Gasteiger partial charge in [-0.15, -0.1) is 0 Å². The number of rotatable bonds is 5. The highest BCUT2D eigenvalue weighted by molar-refractivity contribution is 5.76. The van der Waals surface area contributed by atoms with Crippen LogP contribution < -0.4 is 0 Å². The van der Waals surface area contributed by atoms with Crippen LogP contribution in [0.2, 0.25) is 0 Å². The monoisotopic (exact) mass is 234 g/mol. The molecule has 0 saturated heterocycles. The molecular weight excluding hydrogens is 212 g/mol. The number of hydrogen-bond donors (Lipinski definition) is 0. The van der Waals surface area contributed by atoms with E-state index in [1.54, 1.807) is 0 Å². The molecule has 0 amide bonds. The first-order chi connectivity index (χ1) is 7.99. The SMILES string of the molecule is CCCc1ccc(CC(C)(C)C(=O)OC)cc1. The van der Waals surface area contributed by atoms with Crippen LogP contribution in [0.4, 0.5) is 0 Å². The van der Waals surface area contributed by atoms with Gasteiger partial charge in [-0.1, -0.05) is 37.6 Å². The van der Waals surface area contributed by atoms with E-state index in [-0.39, 0.29) is 5.97 Å². The lowest BCUT2D eigenvalue weighted by atomic mass is 9.85. The van der Waals surface area contributed by atoms with Crippen LogP contribution in [0.5, 0.6) is 0 Å². The van der Waals surface area contributed by atoms with Crippen LogP contribution in [-0.4, -0.2) is 13.1 Å². The third-order valence-corrected chi connectivity index (χ3v) is 2.95. The number of ether oxygens (including phenoxy) is 1. The van der Waals surface area contributed by atoms with Crippen molar-refractivity contribution >= 4 is 5.97 Å². The second-order valence-electron chi connectivity index (χ2n) is 5.12. The zero-order chi connectivity index (χ0) is 12.9. The molecule has 0 N–H and O–H groups in total. The van der Waals surface area contributed by atoms with Gasteiger partial charge < -0.3 is 4.74 Å². The average Bonchev–Trinajstić information content (AvgIpc) is 2.30. The maximum absolute atomic E-state index is 11.6. The molecule has 0 saturated carbocycles. The molecule has 1 aromatic carbocycles. The first kappa shape index (κ1) is 13.8. The van der Waals surface area contributed by atoms with Crippen molar-refractivity contribution in [3.8, 4) is 0 Å². The van der Waals surface area contributed by atoms with Crippen LogP contribution in [0.15, 0.2) is 24.3 Å². The van der Waals surface area contributed by atoms with Gasteiger partial charge in [-0.05, 0) is 37.8 Å². The quantitative estimate of drug-likeness (QED) is 0.730. The summed E-state index contributed by atoms with van der Waals surface area (Å²) >= 11 is 0. The van der Waals surface area contributed by atoms with Crippen molar-refractivity contribution in [2.75, 3.05) is 7.11 Å². The van der Waals surface area contributed by atoms with Gasteiger partial charge >= 0.3 is 5.97 Å². The molecule has 0 aromatic heterocycles. The Labute approximate surface area is 104 Å². The minimum absolute atomic E-state index is 0.157. The van der Waals surface area contributed by atoms with Gasteiger partial charge in [-0.3, -0.25) is 4.79 Å². The highest BCUT2D eigenvalue weighted by Gasteiger charge is 2.28. The van der Waals surface area contributed by atoms with Crippen LogP contribution in [0.3, 0.4) is 0 Å². The van der Waals surface area contributed by atoms with Crippen LogP contribution in [-0.2, 0) is 22.4 Å². The second kappa shape index (κ2) is 5.85. The minimum Gasteiger partial charge on any atom is -0.469 e. The van der Waals surface area contributed by atoms with Crippen molar-refractivity contribution in [2.24, 2.45) is 5.41 Å². The lowest BCUT2D eigenvalue weighted by Gasteiger charge is -2.21. The normalized spacial score (nSPS) is 11.3. The van der Waals surface area contributed by atoms with Gasteiger partial charge in [0, 0.05) is 0 Å². The summed E-state index contributed by atoms with van der Waals surface area (Å²) in [7, 11) is 1.44. The fourth-order valence-corrected chi connectivity index (χ4v) is 1.97. The zero-order valence-electron chi connectivity index (χ0n) is 11.2. The Morgan fingerprint density at radius 3 is 2.18 bits per heavy atom. The van der Waals surface area contributed by atoms with E-state index in [0.29, 0.717) is 6.42 Å². The standard InChI is InChI=1S/C15H22O2/c1-5-6-12-7-9-13(10-8-12)11-15(2,3)14(16)17-4/h7-10H,5-6,11H2,1-4H3. The van der Waals surface area contributed by atoms with E-state index >= 15 is 0 Å². The third kappa shape index (κ3) is 3.88. The number of methoxy groups -OCH3 is 1. The van der Waals surface area contributed by atoms with E-state index in [9.17, 15) is 4.79 Å². The Balaban J connectivity index is 2.71. The minimum atomic E-state index is -0.457. The predicted octanol–water partition coefficient (Wildman–Crippen LogP) is 3.38. The Kier molecular flexibility index (Phi) is 4.73. The van der Waals surface area contributed by atoms with Gasteiger partial charge in [0.25, 0.3) is 0 Å². The fourth-order valence-electron chi connectivity index (χ4n) is 1.97. The molecular formula is C15H22O2. The molecule has 0 bridgehead atoms. The smallest absolute Gasteiger partial charge is 0.311 e. The highest BCUT2D eigenvalue weighted by Crippen LogP contribution is 2.23. The van der Waals surface area contributed by atoms with Crippen molar-refractivity contribution in [1.82, 2.24) is 0 Å². The van der Waals surface area contributed by atoms with Gasteiger partial charge in [-0.25, -0.2) is 0 Å². The Bertz CT molecular complexity index is 363. The molecule has 0 radical (unpaired) electrons. The molecule has 0 spiro atoms. The topological polar surface area (TPSA) is 26.3 Å². The lowest BCUT2D eigenvalue weighted by Crippen LogP contribution is -2.27. The molecule has 0 atom stereocenters. The molecule has 1 rings (SSSR count). The highest BCUT2D eigenvalue weighted by atomic mass is 16.5. The number of carbonyl (C=O) groups is 1. The van der Waals surface area contributed by atoms with E-state index < -0.39 is 5.41 Å². The van der Waals surface area contributed by atoms with Crippen molar-refractivity contribution in [3.05, 3.63) is 35.4 Å². The van der Waals surface area contributed by atoms with Gasteiger partial charge in [-0.2, -0.15) is 0 Å². The van der Waals surface area contributed by atoms with E-state index in [0.717, 1.165) is 12.8 Å². The van der Waals surface area contributed by atoms with Crippen molar-refractivity contribution < 1.29 is 9.53 Å². The summed E-state index contributed by atoms with van der Waals surface area (Å²) in [5, 5.41) is 0. The Hall–Kier alpha value is -1.31. The number of benzene rings is 1. The first-order valence-corrected chi connectivity index (χ1v) is 6.16. The number of esters is 1. The van der Waals surface area contributed by atoms with Gasteiger partial charge in [0.15, 0.2) is 0 Å². The number of carbonyl (C=O) groups excluding carboxylic acids is 1. The summed E-state index contributed by atoms with van der Waals surface area (Å²) < 4.78 is 4.81. The van der Waals surface area contributed by atoms with E-state index in [4.69, 9.17) is 4.74 Å². The second-order valence-corrected chi connectivity index (χ2v) is 5.12. The van der Waals surface area contributed by atoms with E-state index in [1.807, 2.05) is 13.8 Å². The van der Waals surface area contributed by atoms with Crippen LogP contribution in [0.1, 0.15) is 38.3 Å². The predicted molar refractivity (Wildman–Crippen MR) is 69.9 cm³/mol. The van der Waals surface area contributed by atoms with Crippen LogP contribution >= 0.6 is 0 Å². The van der Waals surface area contributed by atoms with Crippen LogP contribution in [0, 0.1) is 5.41 Å². The maximum atomic E-state index is 11.6. The summed E-state index contributed by atoms with van der Waals surface area (Å²) in [5.74, 6) is -0.157. The Morgan fingerprint density at radius 2 is 1.71 bits per heavy atom. The summed E-state index contributed by atoms with van der Waals surface area (Å²) in [6, 6.07) is 8.50. The van der Waals surface area contributed by atoms with E-state index in [2.05, 4.69) is 31.2 Å². The molecule has 0 aliphatic rings. The summed E-state index contributed by atoms with van der Waals surface area (Å²) in [6.45, 7) is 6.01. The molecule has 94 valence electrons. The van der Waals surface area contributed by atoms with Crippen molar-refractivity contribution in [3.63, 3.8) is 0 Å². The number of hydrogen-bond acceptors (Lipinski definition) is 2. The molecule has 17 heavy (non-hydrogen) atoms. The molecule has 2 nitrogen and oxygen atoms in total. The summed E-state index contributed by atoms with van der Waals surface area (Å²) in [4.78, 5) is 11.6. The van der Waals surface area contributed by atoms with Gasteiger partial charge in [0.1, 0.15) is 0 Å². The molecule has 1 aromatic rings. The van der Waals surface area contributed by atoms with Crippen molar-refractivity contribution in [1.29, 1.82) is 0 Å². The third-order valence-electron chi connectivity index (χ3n) is 2.95. The number of aryl methyl sites for hydroxylation is 1. The first-order valence-electron chi connectivity index (χ1n) is 6.16. The summed E-state index contributed by atoms with van der Waals surface area (Å²) in [5.41, 5.74) is 2.08.